The van der Waals surface area contributed by atoms with Crippen LogP contribution in [-0.2, 0) is 16.0 Å². The SMILES string of the molecule is CC(OC(=O)c1ccc(N)cc1)C(=O)N1CCCc2ccccc21. The Morgan fingerprint density at radius 2 is 1.83 bits per heavy atom. The van der Waals surface area contributed by atoms with Gasteiger partial charge in [-0.3, -0.25) is 4.79 Å². The molecule has 0 saturated heterocycles. The number of nitrogens with two attached hydrogens (primary N) is 1. The minimum Gasteiger partial charge on any atom is -0.449 e. The van der Waals surface area contributed by atoms with Crippen molar-refractivity contribution in [3.8, 4) is 0 Å². The first-order valence-electron chi connectivity index (χ1n) is 8.02. The van der Waals surface area contributed by atoms with E-state index < -0.39 is 12.1 Å². The minimum absolute atomic E-state index is 0.203. The van der Waals surface area contributed by atoms with Crippen LogP contribution in [0.5, 0.6) is 0 Å². The van der Waals surface area contributed by atoms with Crippen LogP contribution in [0.1, 0.15) is 29.3 Å². The number of esters is 1. The Hall–Kier alpha value is -2.82. The Bertz CT molecular complexity index is 755. The summed E-state index contributed by atoms with van der Waals surface area (Å²) in [5.41, 5.74) is 8.61. The lowest BCUT2D eigenvalue weighted by Gasteiger charge is -2.31. The quantitative estimate of drug-likeness (QED) is 0.696. The topological polar surface area (TPSA) is 72.6 Å². The summed E-state index contributed by atoms with van der Waals surface area (Å²) in [5, 5.41) is 0. The average molecular weight is 324 g/mol. The van der Waals surface area contributed by atoms with E-state index in [1.54, 1.807) is 36.1 Å². The summed E-state index contributed by atoms with van der Waals surface area (Å²) in [5.74, 6) is -0.730. The molecule has 5 nitrogen and oxygen atoms in total. The van der Waals surface area contributed by atoms with Crippen molar-refractivity contribution in [2.24, 2.45) is 0 Å². The van der Waals surface area contributed by atoms with E-state index in [9.17, 15) is 9.59 Å². The number of nitrogen functional groups attached to an aromatic ring is 1. The molecule has 0 radical (unpaired) electrons. The average Bonchev–Trinajstić information content (AvgIpc) is 2.61. The van der Waals surface area contributed by atoms with E-state index in [4.69, 9.17) is 10.5 Å². The predicted octanol–water partition coefficient (Wildman–Crippen LogP) is 2.79. The van der Waals surface area contributed by atoms with E-state index in [0.717, 1.165) is 24.1 Å². The van der Waals surface area contributed by atoms with E-state index in [0.29, 0.717) is 17.8 Å². The second-order valence-electron chi connectivity index (χ2n) is 5.89. The first kappa shape index (κ1) is 16.1. The van der Waals surface area contributed by atoms with Gasteiger partial charge in [0.1, 0.15) is 0 Å². The van der Waals surface area contributed by atoms with Gasteiger partial charge in [-0.2, -0.15) is 0 Å². The first-order valence-corrected chi connectivity index (χ1v) is 8.02. The maximum atomic E-state index is 12.7. The number of carbonyl (C=O) groups is 2. The number of hydrogen-bond donors (Lipinski definition) is 1. The lowest BCUT2D eigenvalue weighted by Crippen LogP contribution is -2.42. The highest BCUT2D eigenvalue weighted by Gasteiger charge is 2.28. The van der Waals surface area contributed by atoms with Gasteiger partial charge in [-0.05, 0) is 55.7 Å². The molecular formula is C19H20N2O3. The highest BCUT2D eigenvalue weighted by molar-refractivity contribution is 5.99. The molecule has 1 heterocycles. The van der Waals surface area contributed by atoms with Crippen LogP contribution in [0, 0.1) is 0 Å². The van der Waals surface area contributed by atoms with Gasteiger partial charge in [0.25, 0.3) is 5.91 Å². The molecule has 0 spiro atoms. The summed E-state index contributed by atoms with van der Waals surface area (Å²) in [4.78, 5) is 26.6. The van der Waals surface area contributed by atoms with E-state index in [-0.39, 0.29) is 5.91 Å². The molecule has 1 aliphatic rings. The zero-order valence-corrected chi connectivity index (χ0v) is 13.6. The Morgan fingerprint density at radius 3 is 2.58 bits per heavy atom. The molecule has 2 aromatic carbocycles. The van der Waals surface area contributed by atoms with Crippen molar-refractivity contribution in [2.45, 2.75) is 25.9 Å². The number of fused-ring (bicyclic) bond motifs is 1. The molecule has 124 valence electrons. The van der Waals surface area contributed by atoms with Gasteiger partial charge in [0.2, 0.25) is 0 Å². The van der Waals surface area contributed by atoms with Crippen LogP contribution in [0.2, 0.25) is 0 Å². The Morgan fingerprint density at radius 1 is 1.12 bits per heavy atom. The molecule has 0 aromatic heterocycles. The summed E-state index contributed by atoms with van der Waals surface area (Å²) in [7, 11) is 0. The number of rotatable bonds is 3. The fraction of sp³-hybridized carbons (Fsp3) is 0.263. The van der Waals surface area contributed by atoms with Gasteiger partial charge in [0.15, 0.2) is 6.10 Å². The second kappa shape index (κ2) is 6.74. The van der Waals surface area contributed by atoms with E-state index in [2.05, 4.69) is 0 Å². The molecule has 0 saturated carbocycles. The number of anilines is 2. The summed E-state index contributed by atoms with van der Waals surface area (Å²) in [6.07, 6.45) is 1.02. The van der Waals surface area contributed by atoms with Gasteiger partial charge in [0.05, 0.1) is 5.56 Å². The fourth-order valence-electron chi connectivity index (χ4n) is 2.88. The number of hydrogen-bond acceptors (Lipinski definition) is 4. The molecule has 1 aliphatic heterocycles. The second-order valence-corrected chi connectivity index (χ2v) is 5.89. The first-order chi connectivity index (χ1) is 11.6. The van der Waals surface area contributed by atoms with Crippen molar-refractivity contribution >= 4 is 23.3 Å². The molecular weight excluding hydrogens is 304 g/mol. The third kappa shape index (κ3) is 3.25. The van der Waals surface area contributed by atoms with E-state index in [1.807, 2.05) is 24.3 Å². The van der Waals surface area contributed by atoms with Crippen molar-refractivity contribution in [2.75, 3.05) is 17.2 Å². The van der Waals surface area contributed by atoms with Crippen LogP contribution >= 0.6 is 0 Å². The number of aryl methyl sites for hydroxylation is 1. The van der Waals surface area contributed by atoms with Crippen molar-refractivity contribution in [1.29, 1.82) is 0 Å². The Kier molecular flexibility index (Phi) is 4.51. The molecule has 1 unspecified atom stereocenters. The van der Waals surface area contributed by atoms with Gasteiger partial charge in [-0.15, -0.1) is 0 Å². The molecule has 5 heteroatoms. The van der Waals surface area contributed by atoms with Crippen molar-refractivity contribution < 1.29 is 14.3 Å². The lowest BCUT2D eigenvalue weighted by molar-refractivity contribution is -0.126. The third-order valence-corrected chi connectivity index (χ3v) is 4.15. The molecule has 1 amide bonds. The number of para-hydroxylation sites is 1. The summed E-state index contributed by atoms with van der Waals surface area (Å²) >= 11 is 0. The number of benzene rings is 2. The van der Waals surface area contributed by atoms with Crippen LogP contribution in [0.15, 0.2) is 48.5 Å². The van der Waals surface area contributed by atoms with Gasteiger partial charge < -0.3 is 15.4 Å². The van der Waals surface area contributed by atoms with Crippen LogP contribution in [0.3, 0.4) is 0 Å². The summed E-state index contributed by atoms with van der Waals surface area (Å²) < 4.78 is 5.34. The van der Waals surface area contributed by atoms with Crippen molar-refractivity contribution in [3.63, 3.8) is 0 Å². The Balaban J connectivity index is 1.71. The van der Waals surface area contributed by atoms with Crippen LogP contribution < -0.4 is 10.6 Å². The van der Waals surface area contributed by atoms with E-state index in [1.165, 1.54) is 0 Å². The standard InChI is InChI=1S/C19H20N2O3/c1-13(24-19(23)15-8-10-16(20)11-9-15)18(22)21-12-4-6-14-5-2-3-7-17(14)21/h2-3,5,7-11,13H,4,6,12,20H2,1H3. The zero-order chi connectivity index (χ0) is 17.1. The van der Waals surface area contributed by atoms with Crippen LogP contribution in [-0.4, -0.2) is 24.5 Å². The maximum absolute atomic E-state index is 12.7. The van der Waals surface area contributed by atoms with Crippen molar-refractivity contribution in [3.05, 3.63) is 59.7 Å². The monoisotopic (exact) mass is 324 g/mol. The third-order valence-electron chi connectivity index (χ3n) is 4.15. The maximum Gasteiger partial charge on any atom is 0.338 e. The highest BCUT2D eigenvalue weighted by atomic mass is 16.5. The summed E-state index contributed by atoms with van der Waals surface area (Å²) in [6.45, 7) is 2.24. The van der Waals surface area contributed by atoms with Crippen LogP contribution in [0.25, 0.3) is 0 Å². The number of nitrogens with zero attached hydrogens (tertiary/aromatic N) is 1. The lowest BCUT2D eigenvalue weighted by atomic mass is 10.0. The fourth-order valence-corrected chi connectivity index (χ4v) is 2.88. The van der Waals surface area contributed by atoms with Gasteiger partial charge >= 0.3 is 5.97 Å². The molecule has 24 heavy (non-hydrogen) atoms. The summed E-state index contributed by atoms with van der Waals surface area (Å²) in [6, 6.07) is 14.3. The normalized spacial score (nSPS) is 14.6. The molecule has 2 aromatic rings. The minimum atomic E-state index is -0.846. The number of carbonyl (C=O) groups excluding carboxylic acids is 2. The van der Waals surface area contributed by atoms with Gasteiger partial charge in [-0.1, -0.05) is 18.2 Å². The smallest absolute Gasteiger partial charge is 0.338 e. The molecule has 1 atom stereocenters. The zero-order valence-electron chi connectivity index (χ0n) is 13.6. The van der Waals surface area contributed by atoms with E-state index >= 15 is 0 Å². The largest absolute Gasteiger partial charge is 0.449 e. The van der Waals surface area contributed by atoms with Crippen LogP contribution in [0.4, 0.5) is 11.4 Å². The number of ether oxygens (including phenoxy) is 1. The predicted molar refractivity (Wildman–Crippen MR) is 92.8 cm³/mol. The molecule has 0 aliphatic carbocycles. The molecule has 3 rings (SSSR count). The van der Waals surface area contributed by atoms with Gasteiger partial charge in [-0.25, -0.2) is 4.79 Å². The molecule has 0 fully saturated rings. The van der Waals surface area contributed by atoms with Crippen molar-refractivity contribution in [1.82, 2.24) is 0 Å². The molecule has 2 N–H and O–H groups in total. The number of amides is 1. The Labute approximate surface area is 141 Å². The highest BCUT2D eigenvalue weighted by Crippen LogP contribution is 2.27. The molecule has 0 bridgehead atoms. The van der Waals surface area contributed by atoms with Gasteiger partial charge in [0, 0.05) is 17.9 Å².